The molecule has 0 aliphatic heterocycles. The SMILES string of the molecule is CC(I)(C#N)SC(=S)c1ccccc1. The van der Waals surface area contributed by atoms with Crippen LogP contribution in [0.4, 0.5) is 0 Å². The molecule has 1 unspecified atom stereocenters. The van der Waals surface area contributed by atoms with Crippen LogP contribution in [0.3, 0.4) is 0 Å². The topological polar surface area (TPSA) is 23.8 Å². The molecule has 4 heteroatoms. The van der Waals surface area contributed by atoms with Gasteiger partial charge in [0.15, 0.2) is 2.75 Å². The van der Waals surface area contributed by atoms with E-state index in [4.69, 9.17) is 17.5 Å². The van der Waals surface area contributed by atoms with Crippen LogP contribution >= 0.6 is 46.6 Å². The number of hydrogen-bond donors (Lipinski definition) is 0. The van der Waals surface area contributed by atoms with Crippen molar-refractivity contribution in [1.82, 2.24) is 0 Å². The smallest absolute Gasteiger partial charge is 0.156 e. The van der Waals surface area contributed by atoms with Gasteiger partial charge in [0.05, 0.1) is 10.3 Å². The third-order valence-corrected chi connectivity index (χ3v) is 3.78. The third kappa shape index (κ3) is 3.56. The van der Waals surface area contributed by atoms with Gasteiger partial charge in [-0.15, -0.1) is 0 Å². The van der Waals surface area contributed by atoms with Crippen molar-refractivity contribution in [2.45, 2.75) is 9.68 Å². The van der Waals surface area contributed by atoms with Crippen LogP contribution in [0.1, 0.15) is 12.5 Å². The van der Waals surface area contributed by atoms with Gasteiger partial charge in [0, 0.05) is 0 Å². The molecule has 0 heterocycles. The number of rotatable bonds is 2. The molecule has 0 radical (unpaired) electrons. The van der Waals surface area contributed by atoms with E-state index in [0.29, 0.717) is 0 Å². The minimum atomic E-state index is -0.481. The van der Waals surface area contributed by atoms with Gasteiger partial charge in [-0.25, -0.2) is 0 Å². The lowest BCUT2D eigenvalue weighted by Gasteiger charge is -2.12. The molecule has 1 rings (SSSR count). The molecule has 1 aromatic rings. The van der Waals surface area contributed by atoms with Crippen LogP contribution in [0.15, 0.2) is 30.3 Å². The van der Waals surface area contributed by atoms with Gasteiger partial charge in [0.1, 0.15) is 0 Å². The van der Waals surface area contributed by atoms with E-state index >= 15 is 0 Å². The average molecular weight is 333 g/mol. The van der Waals surface area contributed by atoms with Crippen molar-refractivity contribution in [3.05, 3.63) is 35.9 Å². The number of thioether (sulfide) groups is 1. The highest BCUT2D eigenvalue weighted by Crippen LogP contribution is 2.34. The summed E-state index contributed by atoms with van der Waals surface area (Å²) >= 11 is 8.75. The highest BCUT2D eigenvalue weighted by molar-refractivity contribution is 14.1. The molecule has 0 saturated carbocycles. The second kappa shape index (κ2) is 5.10. The highest BCUT2D eigenvalue weighted by Gasteiger charge is 2.22. The number of nitrogens with zero attached hydrogens (tertiary/aromatic N) is 1. The van der Waals surface area contributed by atoms with Gasteiger partial charge in [-0.05, 0) is 35.1 Å². The number of alkyl halides is 1. The molecule has 14 heavy (non-hydrogen) atoms. The summed E-state index contributed by atoms with van der Waals surface area (Å²) in [5.74, 6) is 0. The van der Waals surface area contributed by atoms with E-state index in [9.17, 15) is 0 Å². The first-order valence-electron chi connectivity index (χ1n) is 3.94. The summed E-state index contributed by atoms with van der Waals surface area (Å²) in [5.41, 5.74) is 1.01. The zero-order valence-electron chi connectivity index (χ0n) is 7.53. The van der Waals surface area contributed by atoms with E-state index in [1.165, 1.54) is 11.8 Å². The van der Waals surface area contributed by atoms with Crippen molar-refractivity contribution >= 4 is 50.8 Å². The first kappa shape index (κ1) is 12.0. The summed E-state index contributed by atoms with van der Waals surface area (Å²) in [5, 5.41) is 8.85. The second-order valence-electron chi connectivity index (χ2n) is 2.78. The lowest BCUT2D eigenvalue weighted by atomic mass is 10.2. The van der Waals surface area contributed by atoms with Crippen LogP contribution in [0.2, 0.25) is 0 Å². The molecule has 0 aliphatic carbocycles. The van der Waals surface area contributed by atoms with Gasteiger partial charge in [0.25, 0.3) is 0 Å². The predicted octanol–water partition coefficient (Wildman–Crippen LogP) is 3.77. The maximum atomic E-state index is 8.85. The quantitative estimate of drug-likeness (QED) is 0.468. The molecule has 1 nitrogen and oxygen atoms in total. The minimum absolute atomic E-state index is 0.481. The molecular formula is C10H8INS2. The fraction of sp³-hybridized carbons (Fsp3) is 0.200. The van der Waals surface area contributed by atoms with E-state index < -0.39 is 2.75 Å². The highest BCUT2D eigenvalue weighted by atomic mass is 127. The number of halogens is 1. The van der Waals surface area contributed by atoms with Crippen molar-refractivity contribution in [3.63, 3.8) is 0 Å². The fourth-order valence-electron chi connectivity index (χ4n) is 0.830. The van der Waals surface area contributed by atoms with Crippen molar-refractivity contribution in [2.24, 2.45) is 0 Å². The standard InChI is InChI=1S/C10H8INS2/c1-10(11,7-12)14-9(13)8-5-3-2-4-6-8/h2-6H,1H3. The third-order valence-electron chi connectivity index (χ3n) is 1.49. The Bertz CT molecular complexity index is 367. The number of thiocarbonyl (C=S) groups is 1. The second-order valence-corrected chi connectivity index (χ2v) is 7.77. The molecule has 0 bridgehead atoms. The Morgan fingerprint density at radius 3 is 2.57 bits per heavy atom. The molecule has 0 amide bonds. The molecule has 0 fully saturated rings. The number of nitriles is 1. The monoisotopic (exact) mass is 333 g/mol. The summed E-state index contributed by atoms with van der Waals surface area (Å²) in [4.78, 5) is 0. The fourth-order valence-corrected chi connectivity index (χ4v) is 3.22. The van der Waals surface area contributed by atoms with Crippen molar-refractivity contribution in [3.8, 4) is 6.07 Å². The van der Waals surface area contributed by atoms with Gasteiger partial charge >= 0.3 is 0 Å². The molecule has 1 aromatic carbocycles. The Morgan fingerprint density at radius 1 is 1.50 bits per heavy atom. The van der Waals surface area contributed by atoms with E-state index in [1.807, 2.05) is 37.3 Å². The molecule has 0 saturated heterocycles. The van der Waals surface area contributed by atoms with E-state index in [1.54, 1.807) is 0 Å². The number of hydrogen-bond acceptors (Lipinski definition) is 3. The molecule has 1 atom stereocenters. The largest absolute Gasteiger partial charge is 0.196 e. The van der Waals surface area contributed by atoms with Crippen molar-refractivity contribution in [2.75, 3.05) is 0 Å². The van der Waals surface area contributed by atoms with Crippen LogP contribution in [0, 0.1) is 11.3 Å². The summed E-state index contributed by atoms with van der Waals surface area (Å²) in [7, 11) is 0. The van der Waals surface area contributed by atoms with Crippen molar-refractivity contribution < 1.29 is 0 Å². The molecule has 0 aliphatic rings. The summed E-state index contributed by atoms with van der Waals surface area (Å²) < 4.78 is 0.286. The van der Waals surface area contributed by atoms with Crippen molar-refractivity contribution in [1.29, 1.82) is 5.26 Å². The van der Waals surface area contributed by atoms with Crippen LogP contribution in [0.5, 0.6) is 0 Å². The first-order chi connectivity index (χ1) is 6.55. The van der Waals surface area contributed by atoms with Crippen LogP contribution in [-0.4, -0.2) is 6.95 Å². The Hall–Kier alpha value is -0.120. The maximum Gasteiger partial charge on any atom is 0.156 e. The molecule has 0 aromatic heterocycles. The van der Waals surface area contributed by atoms with E-state index in [2.05, 4.69) is 28.7 Å². The Kier molecular flexibility index (Phi) is 4.35. The lowest BCUT2D eigenvalue weighted by Crippen LogP contribution is -2.09. The zero-order valence-corrected chi connectivity index (χ0v) is 11.3. The number of benzene rings is 1. The van der Waals surface area contributed by atoms with E-state index in [-0.39, 0.29) is 0 Å². The van der Waals surface area contributed by atoms with Crippen LogP contribution in [-0.2, 0) is 0 Å². The molecule has 0 N–H and O–H groups in total. The van der Waals surface area contributed by atoms with Crippen LogP contribution in [0.25, 0.3) is 0 Å². The van der Waals surface area contributed by atoms with Gasteiger partial charge in [0.2, 0.25) is 0 Å². The first-order valence-corrected chi connectivity index (χ1v) is 6.24. The van der Waals surface area contributed by atoms with Gasteiger partial charge in [-0.1, -0.05) is 54.3 Å². The minimum Gasteiger partial charge on any atom is -0.196 e. The molecular weight excluding hydrogens is 325 g/mol. The Labute approximate surface area is 107 Å². The van der Waals surface area contributed by atoms with Gasteiger partial charge < -0.3 is 0 Å². The molecule has 0 spiro atoms. The average Bonchev–Trinajstić information content (AvgIpc) is 2.19. The maximum absolute atomic E-state index is 8.85. The predicted molar refractivity (Wildman–Crippen MR) is 73.8 cm³/mol. The summed E-state index contributed by atoms with van der Waals surface area (Å²) in [6, 6.07) is 12.0. The zero-order chi connectivity index (χ0) is 10.6. The van der Waals surface area contributed by atoms with Gasteiger partial charge in [-0.2, -0.15) is 5.26 Å². The lowest BCUT2D eigenvalue weighted by molar-refractivity contribution is 1.22. The van der Waals surface area contributed by atoms with E-state index in [0.717, 1.165) is 9.76 Å². The molecule has 72 valence electrons. The summed E-state index contributed by atoms with van der Waals surface area (Å²) in [6.45, 7) is 1.85. The Balaban J connectivity index is 2.75. The summed E-state index contributed by atoms with van der Waals surface area (Å²) in [6.07, 6.45) is 0. The van der Waals surface area contributed by atoms with Crippen LogP contribution < -0.4 is 0 Å². The van der Waals surface area contributed by atoms with Gasteiger partial charge in [-0.3, -0.25) is 0 Å². The Morgan fingerprint density at radius 2 is 2.07 bits per heavy atom. The normalized spacial score (nSPS) is 14.1.